The van der Waals surface area contributed by atoms with Crippen molar-refractivity contribution in [2.75, 3.05) is 59.7 Å². The maximum Gasteiger partial charge on any atom is 0.314 e. The van der Waals surface area contributed by atoms with E-state index in [1.807, 2.05) is 26.1 Å². The molecule has 1 aliphatic heterocycles. The first-order chi connectivity index (χ1) is 22.1. The van der Waals surface area contributed by atoms with Crippen LogP contribution < -0.4 is 15.4 Å². The van der Waals surface area contributed by atoms with E-state index in [0.29, 0.717) is 75.3 Å². The van der Waals surface area contributed by atoms with Crippen LogP contribution in [0.1, 0.15) is 74.5 Å². The van der Waals surface area contributed by atoms with Crippen molar-refractivity contribution >= 4 is 45.0 Å². The Hall–Kier alpha value is -2.25. The highest BCUT2D eigenvalue weighted by atomic mass is 35.5. The minimum absolute atomic E-state index is 0.0637. The molecule has 46 heavy (non-hydrogen) atoms. The minimum atomic E-state index is -3.74. The molecule has 0 spiro atoms. The topological polar surface area (TPSA) is 126 Å². The Bertz CT molecular complexity index is 1380. The molecule has 0 bridgehead atoms. The van der Waals surface area contributed by atoms with Gasteiger partial charge in [-0.2, -0.15) is 0 Å². The summed E-state index contributed by atoms with van der Waals surface area (Å²) in [7, 11) is -1.73. The molecule has 0 aromatic heterocycles. The van der Waals surface area contributed by atoms with Gasteiger partial charge in [0.2, 0.25) is 10.0 Å². The van der Waals surface area contributed by atoms with Crippen molar-refractivity contribution in [3.63, 3.8) is 0 Å². The zero-order valence-corrected chi connectivity index (χ0v) is 29.2. The van der Waals surface area contributed by atoms with Crippen LogP contribution in [0.4, 0.5) is 4.79 Å². The number of fused-ring (bicyclic) bond motifs is 1. The number of benzene rings is 2. The van der Waals surface area contributed by atoms with Gasteiger partial charge in [0.25, 0.3) is 0 Å². The number of unbranched alkanes of at least 4 members (excludes halogenated alkanes) is 2. The molecule has 10 nitrogen and oxygen atoms in total. The lowest BCUT2D eigenvalue weighted by atomic mass is 9.85. The minimum Gasteiger partial charge on any atom is -0.379 e. The number of hydrogen-bond donors (Lipinski definition) is 3. The van der Waals surface area contributed by atoms with E-state index in [1.54, 1.807) is 24.3 Å². The van der Waals surface area contributed by atoms with E-state index in [9.17, 15) is 18.0 Å². The maximum absolute atomic E-state index is 13.0. The van der Waals surface area contributed by atoms with E-state index < -0.39 is 10.0 Å². The van der Waals surface area contributed by atoms with Crippen molar-refractivity contribution in [2.24, 2.45) is 0 Å². The fourth-order valence-corrected chi connectivity index (χ4v) is 6.94. The fraction of sp³-hybridized carbons (Fsp3) is 0.576. The SMILES string of the molecule is CCCNC(=O)NCCCCCC(=O)CCCOCCOCCNS(=O)(=O)c1cccc(C2CN(C)Cc3c(Cl)cc(Cl)cc32)c1. The van der Waals surface area contributed by atoms with Gasteiger partial charge in [-0.25, -0.2) is 17.9 Å². The van der Waals surface area contributed by atoms with Crippen LogP contribution >= 0.6 is 23.2 Å². The van der Waals surface area contributed by atoms with Gasteiger partial charge in [-0.15, -0.1) is 0 Å². The third kappa shape index (κ3) is 13.1. The highest BCUT2D eigenvalue weighted by molar-refractivity contribution is 7.89. The molecule has 0 radical (unpaired) electrons. The molecule has 2 aromatic carbocycles. The van der Waals surface area contributed by atoms with Crippen LogP contribution in [0, 0.1) is 0 Å². The van der Waals surface area contributed by atoms with Crippen LogP contribution in [0.25, 0.3) is 0 Å². The van der Waals surface area contributed by atoms with Gasteiger partial charge in [0.05, 0.1) is 24.7 Å². The average molecular weight is 700 g/mol. The molecule has 2 aromatic rings. The molecule has 0 aliphatic carbocycles. The summed E-state index contributed by atoms with van der Waals surface area (Å²) >= 11 is 12.8. The molecule has 256 valence electrons. The molecule has 3 rings (SSSR count). The molecule has 0 saturated carbocycles. The van der Waals surface area contributed by atoms with Crippen LogP contribution in [-0.2, 0) is 30.8 Å². The molecule has 0 saturated heterocycles. The average Bonchev–Trinajstić information content (AvgIpc) is 3.02. The van der Waals surface area contributed by atoms with E-state index in [4.69, 9.17) is 32.7 Å². The summed E-state index contributed by atoms with van der Waals surface area (Å²) < 4.78 is 39.7. The largest absolute Gasteiger partial charge is 0.379 e. The lowest BCUT2D eigenvalue weighted by Gasteiger charge is -2.33. The number of amides is 2. The number of likely N-dealkylation sites (N-methyl/N-ethyl adjacent to an activating group) is 1. The quantitative estimate of drug-likeness (QED) is 0.147. The Balaban J connectivity index is 1.27. The zero-order chi connectivity index (χ0) is 33.4. The van der Waals surface area contributed by atoms with E-state index in [1.165, 1.54) is 0 Å². The number of nitrogens with zero attached hydrogens (tertiary/aromatic N) is 1. The summed E-state index contributed by atoms with van der Waals surface area (Å²) in [5.41, 5.74) is 2.90. The molecule has 1 atom stereocenters. The number of urea groups is 1. The number of nitrogens with one attached hydrogen (secondary N) is 3. The van der Waals surface area contributed by atoms with Gasteiger partial charge >= 0.3 is 6.03 Å². The first kappa shape index (κ1) is 38.2. The Morgan fingerprint density at radius 1 is 0.913 bits per heavy atom. The highest BCUT2D eigenvalue weighted by Gasteiger charge is 2.28. The smallest absolute Gasteiger partial charge is 0.314 e. The van der Waals surface area contributed by atoms with Gasteiger partial charge < -0.3 is 25.0 Å². The van der Waals surface area contributed by atoms with Crippen molar-refractivity contribution in [3.8, 4) is 0 Å². The number of ether oxygens (including phenoxy) is 2. The molecular weight excluding hydrogens is 651 g/mol. The number of rotatable bonds is 21. The van der Waals surface area contributed by atoms with E-state index in [0.717, 1.165) is 42.4 Å². The Morgan fingerprint density at radius 3 is 2.43 bits per heavy atom. The third-order valence-corrected chi connectivity index (χ3v) is 9.69. The number of Topliss-reactive ketones (excluding diaryl/α,β-unsaturated/α-hetero) is 1. The predicted octanol–water partition coefficient (Wildman–Crippen LogP) is 5.50. The number of halogens is 2. The summed E-state index contributed by atoms with van der Waals surface area (Å²) in [6, 6.07) is 10.5. The second-order valence-electron chi connectivity index (χ2n) is 11.5. The second-order valence-corrected chi connectivity index (χ2v) is 14.1. The molecule has 1 heterocycles. The Morgan fingerprint density at radius 2 is 1.65 bits per heavy atom. The molecule has 0 fully saturated rings. The Labute approximate surface area is 283 Å². The van der Waals surface area contributed by atoms with Crippen molar-refractivity contribution < 1.29 is 27.5 Å². The maximum atomic E-state index is 13.0. The van der Waals surface area contributed by atoms with Gasteiger partial charge in [0.1, 0.15) is 5.78 Å². The number of hydrogen-bond acceptors (Lipinski definition) is 7. The van der Waals surface area contributed by atoms with Gasteiger partial charge in [0.15, 0.2) is 0 Å². The fourth-order valence-electron chi connectivity index (χ4n) is 5.31. The van der Waals surface area contributed by atoms with Gasteiger partial charge in [-0.3, -0.25) is 4.79 Å². The third-order valence-electron chi connectivity index (χ3n) is 7.67. The summed E-state index contributed by atoms with van der Waals surface area (Å²) in [5.74, 6) is 0.155. The highest BCUT2D eigenvalue weighted by Crippen LogP contribution is 2.38. The predicted molar refractivity (Wildman–Crippen MR) is 182 cm³/mol. The first-order valence-electron chi connectivity index (χ1n) is 16.1. The van der Waals surface area contributed by atoms with E-state index in [-0.39, 0.29) is 35.8 Å². The van der Waals surface area contributed by atoms with Crippen molar-refractivity contribution in [1.82, 2.24) is 20.3 Å². The molecule has 13 heteroatoms. The monoisotopic (exact) mass is 698 g/mol. The number of carbonyl (C=O) groups excluding carboxylic acids is 2. The van der Waals surface area contributed by atoms with Crippen molar-refractivity contribution in [1.29, 1.82) is 0 Å². The number of ketones is 1. The molecular formula is C33H48Cl2N4O6S. The standard InChI is InChI=1S/C33H48Cl2N4O6S/c1-3-13-36-33(41)37-14-6-4-5-10-27(40)11-8-16-44-18-19-45-17-15-38-46(42,43)28-12-7-9-25(20-28)30-23-39(2)24-31-29(30)21-26(34)22-32(31)35/h7,9,12,20-22,30,38H,3-6,8,10-11,13-19,23-24H2,1-2H3,(H2,36,37,41). The molecule has 2 amide bonds. The van der Waals surface area contributed by atoms with Gasteiger partial charge in [-0.05, 0) is 73.7 Å². The summed E-state index contributed by atoms with van der Waals surface area (Å²) in [5, 5.41) is 6.74. The van der Waals surface area contributed by atoms with E-state index in [2.05, 4.69) is 20.3 Å². The van der Waals surface area contributed by atoms with Crippen LogP contribution in [-0.4, -0.2) is 84.8 Å². The lowest BCUT2D eigenvalue weighted by molar-refractivity contribution is -0.119. The van der Waals surface area contributed by atoms with Crippen LogP contribution in [0.2, 0.25) is 10.0 Å². The summed E-state index contributed by atoms with van der Waals surface area (Å²) in [4.78, 5) is 25.9. The summed E-state index contributed by atoms with van der Waals surface area (Å²) in [6.45, 7) is 6.20. The van der Waals surface area contributed by atoms with Gasteiger partial charge in [0, 0.05) is 68.1 Å². The lowest BCUT2D eigenvalue weighted by Crippen LogP contribution is -2.36. The second kappa shape index (κ2) is 20.2. The summed E-state index contributed by atoms with van der Waals surface area (Å²) in [6.07, 6.45) is 5.15. The van der Waals surface area contributed by atoms with Crippen LogP contribution in [0.15, 0.2) is 41.3 Å². The molecule has 3 N–H and O–H groups in total. The zero-order valence-electron chi connectivity index (χ0n) is 26.9. The first-order valence-corrected chi connectivity index (χ1v) is 18.3. The molecule has 1 aliphatic rings. The van der Waals surface area contributed by atoms with Crippen molar-refractivity contribution in [2.45, 2.75) is 69.2 Å². The number of sulfonamides is 1. The Kier molecular flexibility index (Phi) is 16.8. The van der Waals surface area contributed by atoms with E-state index >= 15 is 0 Å². The van der Waals surface area contributed by atoms with Crippen LogP contribution in [0.3, 0.4) is 0 Å². The number of carbonyl (C=O) groups is 2. The molecule has 1 unspecified atom stereocenters. The van der Waals surface area contributed by atoms with Crippen LogP contribution in [0.5, 0.6) is 0 Å². The normalized spacial score (nSPS) is 15.0. The van der Waals surface area contributed by atoms with Crippen molar-refractivity contribution in [3.05, 3.63) is 63.1 Å². The van der Waals surface area contributed by atoms with Gasteiger partial charge in [-0.1, -0.05) is 48.7 Å².